The van der Waals surface area contributed by atoms with E-state index in [0.29, 0.717) is 13.1 Å². The number of benzene rings is 1. The first kappa shape index (κ1) is 20.2. The molecule has 2 aliphatic heterocycles. The maximum absolute atomic E-state index is 12.3. The molecule has 2 aliphatic rings. The van der Waals surface area contributed by atoms with Crippen molar-refractivity contribution in [2.45, 2.75) is 31.9 Å². The molecule has 7 heteroatoms. The minimum atomic E-state index is -3.28. The average molecular weight is 387 g/mol. The summed E-state index contributed by atoms with van der Waals surface area (Å²) in [6.07, 6.45) is 4.83. The molecule has 0 aliphatic carbocycles. The van der Waals surface area contributed by atoms with Gasteiger partial charge in [0.15, 0.2) is 0 Å². The smallest absolute Gasteiger partial charge is 0.211 e. The van der Waals surface area contributed by atoms with Crippen molar-refractivity contribution in [2.75, 3.05) is 32.4 Å². The lowest BCUT2D eigenvalue weighted by molar-refractivity contribution is -0.00276. The van der Waals surface area contributed by atoms with Gasteiger partial charge in [0.05, 0.1) is 12.8 Å². The molecule has 140 valence electrons. The van der Waals surface area contributed by atoms with Gasteiger partial charge in [0.1, 0.15) is 11.4 Å². The van der Waals surface area contributed by atoms with Crippen LogP contribution in [0.2, 0.25) is 0 Å². The first-order valence-electron chi connectivity index (χ1n) is 8.38. The van der Waals surface area contributed by atoms with Gasteiger partial charge in [0.25, 0.3) is 0 Å². The third kappa shape index (κ3) is 4.56. The molecule has 2 heterocycles. The summed E-state index contributed by atoms with van der Waals surface area (Å²) in [5.41, 5.74) is 1.62. The molecule has 25 heavy (non-hydrogen) atoms. The van der Waals surface area contributed by atoms with E-state index in [9.17, 15) is 8.42 Å². The summed E-state index contributed by atoms with van der Waals surface area (Å²) >= 11 is 0. The first-order chi connectivity index (χ1) is 11.3. The maximum Gasteiger partial charge on any atom is 0.211 e. The maximum atomic E-state index is 12.3. The van der Waals surface area contributed by atoms with Gasteiger partial charge in [-0.3, -0.25) is 4.90 Å². The SMILES string of the molecule is C=CCN1CCC2(CC1)CN(S(C)(=O)=O)Cc1cc(C)ccc1O2.Cl. The van der Waals surface area contributed by atoms with Crippen LogP contribution < -0.4 is 4.74 Å². The summed E-state index contributed by atoms with van der Waals surface area (Å²) in [7, 11) is -3.28. The van der Waals surface area contributed by atoms with Crippen molar-refractivity contribution in [3.8, 4) is 5.75 Å². The number of piperidine rings is 1. The molecule has 1 aromatic carbocycles. The Morgan fingerprint density at radius 2 is 2.00 bits per heavy atom. The van der Waals surface area contributed by atoms with Gasteiger partial charge in [-0.05, 0) is 13.0 Å². The zero-order chi connectivity index (χ0) is 17.4. The van der Waals surface area contributed by atoms with E-state index in [-0.39, 0.29) is 12.4 Å². The van der Waals surface area contributed by atoms with E-state index >= 15 is 0 Å². The molecule has 0 saturated carbocycles. The summed E-state index contributed by atoms with van der Waals surface area (Å²) in [4.78, 5) is 2.33. The second-order valence-corrected chi connectivity index (χ2v) is 9.00. The number of likely N-dealkylation sites (tertiary alicyclic amines) is 1. The van der Waals surface area contributed by atoms with E-state index in [1.165, 1.54) is 6.26 Å². The Kier molecular flexibility index (Phi) is 6.20. The normalized spacial score (nSPS) is 20.9. The topological polar surface area (TPSA) is 49.9 Å². The molecule has 1 saturated heterocycles. The molecule has 0 atom stereocenters. The molecular formula is C18H27ClN2O3S. The van der Waals surface area contributed by atoms with Crippen LogP contribution in [-0.4, -0.2) is 55.7 Å². The van der Waals surface area contributed by atoms with Gasteiger partial charge in [-0.15, -0.1) is 19.0 Å². The van der Waals surface area contributed by atoms with Gasteiger partial charge in [-0.2, -0.15) is 4.31 Å². The summed E-state index contributed by atoms with van der Waals surface area (Å²) in [5.74, 6) is 0.823. The van der Waals surface area contributed by atoms with E-state index in [1.807, 2.05) is 31.2 Å². The molecule has 1 spiro atoms. The van der Waals surface area contributed by atoms with Gasteiger partial charge in [0.2, 0.25) is 10.0 Å². The van der Waals surface area contributed by atoms with Crippen LogP contribution >= 0.6 is 12.4 Å². The lowest BCUT2D eigenvalue weighted by Gasteiger charge is -2.42. The van der Waals surface area contributed by atoms with Crippen LogP contribution in [0.1, 0.15) is 24.0 Å². The first-order valence-corrected chi connectivity index (χ1v) is 10.2. The lowest BCUT2D eigenvalue weighted by atomic mass is 9.91. The van der Waals surface area contributed by atoms with Crippen molar-refractivity contribution in [3.05, 3.63) is 42.0 Å². The Hall–Kier alpha value is -1.08. The quantitative estimate of drug-likeness (QED) is 0.749. The number of rotatable bonds is 3. The standard InChI is InChI=1S/C18H26N2O3S.ClH/c1-4-9-19-10-7-18(8-11-19)14-20(24(3,21)22)13-16-12-15(2)5-6-17(16)23-18;/h4-6,12H,1,7-11,13-14H2,2-3H3;1H. The fraction of sp³-hybridized carbons (Fsp3) is 0.556. The van der Waals surface area contributed by atoms with E-state index in [0.717, 1.165) is 49.4 Å². The number of aryl methyl sites for hydroxylation is 1. The zero-order valence-electron chi connectivity index (χ0n) is 14.9. The number of ether oxygens (including phenoxy) is 1. The average Bonchev–Trinajstić information content (AvgIpc) is 2.66. The van der Waals surface area contributed by atoms with Crippen molar-refractivity contribution >= 4 is 22.4 Å². The van der Waals surface area contributed by atoms with E-state index in [4.69, 9.17) is 4.74 Å². The number of hydrogen-bond acceptors (Lipinski definition) is 4. The Labute approximate surface area is 157 Å². The molecule has 3 rings (SSSR count). The number of fused-ring (bicyclic) bond motifs is 1. The van der Waals surface area contributed by atoms with Crippen molar-refractivity contribution in [2.24, 2.45) is 0 Å². The molecule has 0 amide bonds. The van der Waals surface area contributed by atoms with E-state index < -0.39 is 15.6 Å². The number of hydrogen-bond donors (Lipinski definition) is 0. The predicted octanol–water partition coefficient (Wildman–Crippen LogP) is 2.59. The molecule has 0 bridgehead atoms. The summed E-state index contributed by atoms with van der Waals surface area (Å²) in [6, 6.07) is 6.03. The molecule has 0 radical (unpaired) electrons. The minimum absolute atomic E-state index is 0. The molecular weight excluding hydrogens is 360 g/mol. The molecule has 0 aromatic heterocycles. The Morgan fingerprint density at radius 3 is 2.60 bits per heavy atom. The molecule has 5 nitrogen and oxygen atoms in total. The van der Waals surface area contributed by atoms with Gasteiger partial charge < -0.3 is 4.74 Å². The summed E-state index contributed by atoms with van der Waals surface area (Å²) < 4.78 is 32.6. The van der Waals surface area contributed by atoms with Gasteiger partial charge in [-0.25, -0.2) is 8.42 Å². The van der Waals surface area contributed by atoms with Crippen molar-refractivity contribution in [1.82, 2.24) is 9.21 Å². The molecule has 0 unspecified atom stereocenters. The van der Waals surface area contributed by atoms with E-state index in [1.54, 1.807) is 4.31 Å². The Balaban J connectivity index is 0.00000225. The van der Waals surface area contributed by atoms with Crippen molar-refractivity contribution in [3.63, 3.8) is 0 Å². The third-order valence-electron chi connectivity index (χ3n) is 4.98. The monoisotopic (exact) mass is 386 g/mol. The fourth-order valence-corrected chi connectivity index (χ4v) is 4.43. The highest BCUT2D eigenvalue weighted by molar-refractivity contribution is 7.88. The number of sulfonamides is 1. The zero-order valence-corrected chi connectivity index (χ0v) is 16.5. The van der Waals surface area contributed by atoms with Crippen LogP contribution in [0.25, 0.3) is 0 Å². The van der Waals surface area contributed by atoms with Crippen LogP contribution in [0.4, 0.5) is 0 Å². The van der Waals surface area contributed by atoms with Crippen molar-refractivity contribution in [1.29, 1.82) is 0 Å². The summed E-state index contributed by atoms with van der Waals surface area (Å²) in [5, 5.41) is 0. The highest BCUT2D eigenvalue weighted by Gasteiger charge is 2.42. The number of halogens is 1. The largest absolute Gasteiger partial charge is 0.485 e. The van der Waals surface area contributed by atoms with Crippen LogP contribution in [0.15, 0.2) is 30.9 Å². The second-order valence-electron chi connectivity index (χ2n) is 7.02. The highest BCUT2D eigenvalue weighted by atomic mass is 35.5. The number of nitrogens with zero attached hydrogens (tertiary/aromatic N) is 2. The Bertz CT molecular complexity index is 728. The summed E-state index contributed by atoms with van der Waals surface area (Å²) in [6.45, 7) is 9.26. The minimum Gasteiger partial charge on any atom is -0.485 e. The molecule has 0 N–H and O–H groups in total. The van der Waals surface area contributed by atoms with Gasteiger partial charge in [-0.1, -0.05) is 23.8 Å². The molecule has 1 aromatic rings. The van der Waals surface area contributed by atoms with Crippen LogP contribution in [0, 0.1) is 6.92 Å². The highest BCUT2D eigenvalue weighted by Crippen LogP contribution is 2.36. The van der Waals surface area contributed by atoms with Gasteiger partial charge >= 0.3 is 0 Å². The van der Waals surface area contributed by atoms with Crippen LogP contribution in [-0.2, 0) is 16.6 Å². The van der Waals surface area contributed by atoms with Crippen LogP contribution in [0.3, 0.4) is 0 Å². The fourth-order valence-electron chi connectivity index (χ4n) is 3.58. The van der Waals surface area contributed by atoms with Gasteiger partial charge in [0, 0.05) is 44.6 Å². The lowest BCUT2D eigenvalue weighted by Crippen LogP contribution is -2.54. The van der Waals surface area contributed by atoms with Crippen molar-refractivity contribution < 1.29 is 13.2 Å². The molecule has 1 fully saturated rings. The predicted molar refractivity (Wildman–Crippen MR) is 103 cm³/mol. The van der Waals surface area contributed by atoms with E-state index in [2.05, 4.69) is 11.5 Å². The second kappa shape index (κ2) is 7.66. The third-order valence-corrected chi connectivity index (χ3v) is 6.17. The van der Waals surface area contributed by atoms with Crippen LogP contribution in [0.5, 0.6) is 5.75 Å². The Morgan fingerprint density at radius 1 is 1.32 bits per heavy atom.